The van der Waals surface area contributed by atoms with Crippen molar-refractivity contribution in [2.45, 2.75) is 12.5 Å². The van der Waals surface area contributed by atoms with Crippen LogP contribution in [0.25, 0.3) is 0 Å². The molecule has 8 nitrogen and oxygen atoms in total. The highest BCUT2D eigenvalue weighted by molar-refractivity contribution is 7.80. The lowest BCUT2D eigenvalue weighted by Crippen LogP contribution is -2.49. The van der Waals surface area contributed by atoms with Crippen LogP contribution in [0.2, 0.25) is 0 Å². The summed E-state index contributed by atoms with van der Waals surface area (Å²) in [5.41, 5.74) is 3.50. The maximum Gasteiger partial charge on any atom is 0.279 e. The Morgan fingerprint density at radius 1 is 1.12 bits per heavy atom. The molecule has 2 heterocycles. The Morgan fingerprint density at radius 3 is 2.44 bits per heavy atom. The maximum atomic E-state index is 13.4. The van der Waals surface area contributed by atoms with E-state index in [1.54, 1.807) is 41.8 Å². The number of amides is 3. The lowest BCUT2D eigenvalue weighted by Gasteiger charge is -2.24. The number of thiocarbonyl (C=S) groups is 1. The van der Waals surface area contributed by atoms with Crippen LogP contribution in [0, 0.1) is 5.82 Å². The molecular weight excluding hydrogens is 479 g/mol. The fraction of sp³-hybridized carbons (Fsp3) is 0.130. The highest BCUT2D eigenvalue weighted by Crippen LogP contribution is 2.28. The Hall–Kier alpha value is -3.83. The lowest BCUT2D eigenvalue weighted by molar-refractivity contribution is -0.124. The van der Waals surface area contributed by atoms with E-state index in [9.17, 15) is 18.8 Å². The van der Waals surface area contributed by atoms with Crippen molar-refractivity contribution in [1.82, 2.24) is 10.4 Å². The van der Waals surface area contributed by atoms with Crippen LogP contribution in [-0.4, -0.2) is 41.0 Å². The second-order valence-corrected chi connectivity index (χ2v) is 8.53. The molecule has 0 radical (unpaired) electrons. The zero-order valence-corrected chi connectivity index (χ0v) is 19.5. The van der Waals surface area contributed by atoms with Gasteiger partial charge >= 0.3 is 0 Å². The van der Waals surface area contributed by atoms with Crippen LogP contribution < -0.4 is 20.4 Å². The predicted molar refractivity (Wildman–Crippen MR) is 130 cm³/mol. The van der Waals surface area contributed by atoms with Gasteiger partial charge in [0.1, 0.15) is 17.6 Å². The molecular formula is C23H19FN4O4S2. The standard InChI is InChI=1S/C23H19FN4O4S2/c1-32-17-10-8-16(9-11-17)27-22(31)18(13-20(29)25-15-6-4-14(24)5-7-15)28(23(27)33)26-21(30)19-3-2-12-34-19/h2-12,18H,13H2,1H3,(H,25,29)(H,26,30). The van der Waals surface area contributed by atoms with Gasteiger partial charge in [-0.05, 0) is 72.2 Å². The van der Waals surface area contributed by atoms with Crippen molar-refractivity contribution in [3.63, 3.8) is 0 Å². The summed E-state index contributed by atoms with van der Waals surface area (Å²) in [6, 6.07) is 14.2. The molecule has 34 heavy (non-hydrogen) atoms. The zero-order chi connectivity index (χ0) is 24.2. The third kappa shape index (κ3) is 4.90. The molecule has 1 aromatic heterocycles. The first kappa shape index (κ1) is 23.3. The molecule has 1 aliphatic rings. The number of nitrogens with one attached hydrogen (secondary N) is 2. The van der Waals surface area contributed by atoms with Gasteiger partial charge in [0, 0.05) is 5.69 Å². The van der Waals surface area contributed by atoms with Gasteiger partial charge in [-0.2, -0.15) is 0 Å². The molecule has 1 aliphatic heterocycles. The number of rotatable bonds is 7. The quantitative estimate of drug-likeness (QED) is 0.484. The van der Waals surface area contributed by atoms with Gasteiger partial charge in [-0.1, -0.05) is 6.07 Å². The summed E-state index contributed by atoms with van der Waals surface area (Å²) in [5, 5.41) is 5.64. The van der Waals surface area contributed by atoms with Gasteiger partial charge in [0.25, 0.3) is 11.8 Å². The first-order valence-electron chi connectivity index (χ1n) is 10.1. The molecule has 0 spiro atoms. The smallest absolute Gasteiger partial charge is 0.279 e. The number of carbonyl (C=O) groups is 3. The summed E-state index contributed by atoms with van der Waals surface area (Å²) < 4.78 is 18.3. The molecule has 1 fully saturated rings. The number of methoxy groups -OCH3 is 1. The van der Waals surface area contributed by atoms with E-state index in [1.165, 1.54) is 52.6 Å². The van der Waals surface area contributed by atoms with Gasteiger partial charge in [-0.25, -0.2) is 9.40 Å². The third-order valence-electron chi connectivity index (χ3n) is 5.02. The van der Waals surface area contributed by atoms with Gasteiger partial charge in [0.05, 0.1) is 24.1 Å². The van der Waals surface area contributed by atoms with E-state index in [-0.39, 0.29) is 11.5 Å². The second kappa shape index (κ2) is 9.98. The highest BCUT2D eigenvalue weighted by atomic mass is 32.1. The molecule has 1 atom stereocenters. The molecule has 0 saturated carbocycles. The Morgan fingerprint density at radius 2 is 1.82 bits per heavy atom. The normalized spacial score (nSPS) is 15.4. The largest absolute Gasteiger partial charge is 0.497 e. The number of benzene rings is 2. The van der Waals surface area contributed by atoms with Crippen molar-refractivity contribution >= 4 is 57.8 Å². The number of carbonyl (C=O) groups excluding carboxylic acids is 3. The van der Waals surface area contributed by atoms with Crippen LogP contribution >= 0.6 is 23.6 Å². The maximum absolute atomic E-state index is 13.4. The second-order valence-electron chi connectivity index (χ2n) is 7.22. The summed E-state index contributed by atoms with van der Waals surface area (Å²) in [4.78, 5) is 40.5. The van der Waals surface area contributed by atoms with E-state index in [2.05, 4.69) is 10.7 Å². The lowest BCUT2D eigenvalue weighted by atomic mass is 10.1. The number of anilines is 2. The Bertz CT molecular complexity index is 1220. The monoisotopic (exact) mass is 498 g/mol. The SMILES string of the molecule is COc1ccc(N2C(=O)C(CC(=O)Nc3ccc(F)cc3)N(NC(=O)c3cccs3)C2=S)cc1. The van der Waals surface area contributed by atoms with Gasteiger partial charge in [0.15, 0.2) is 0 Å². The average Bonchev–Trinajstić information content (AvgIpc) is 3.44. The average molecular weight is 499 g/mol. The van der Waals surface area contributed by atoms with Crippen molar-refractivity contribution in [2.75, 3.05) is 17.3 Å². The summed E-state index contributed by atoms with van der Waals surface area (Å²) in [5.74, 6) is -1.27. The molecule has 2 N–H and O–H groups in total. The fourth-order valence-electron chi connectivity index (χ4n) is 3.36. The highest BCUT2D eigenvalue weighted by Gasteiger charge is 2.45. The van der Waals surface area contributed by atoms with E-state index in [4.69, 9.17) is 17.0 Å². The van der Waals surface area contributed by atoms with Crippen molar-refractivity contribution in [2.24, 2.45) is 0 Å². The molecule has 1 saturated heterocycles. The van der Waals surface area contributed by atoms with Gasteiger partial charge in [-0.15, -0.1) is 11.3 Å². The predicted octanol–water partition coefficient (Wildman–Crippen LogP) is 3.57. The van der Waals surface area contributed by atoms with E-state index in [1.807, 2.05) is 0 Å². The van der Waals surface area contributed by atoms with Crippen LogP contribution in [0.4, 0.5) is 15.8 Å². The van der Waals surface area contributed by atoms with Crippen LogP contribution in [-0.2, 0) is 9.59 Å². The number of nitrogens with zero attached hydrogens (tertiary/aromatic N) is 2. The van der Waals surface area contributed by atoms with Crippen molar-refractivity contribution in [3.05, 3.63) is 76.7 Å². The summed E-state index contributed by atoms with van der Waals surface area (Å²) in [6.45, 7) is 0. The first-order chi connectivity index (χ1) is 16.4. The number of hydrazine groups is 1. The minimum absolute atomic E-state index is 0.0275. The summed E-state index contributed by atoms with van der Waals surface area (Å²) in [6.07, 6.45) is -0.298. The Labute approximate surface area is 203 Å². The fourth-order valence-corrected chi connectivity index (χ4v) is 4.34. The summed E-state index contributed by atoms with van der Waals surface area (Å²) >= 11 is 6.75. The number of thiophene rings is 1. The van der Waals surface area contributed by atoms with Gasteiger partial charge in [-0.3, -0.25) is 24.7 Å². The third-order valence-corrected chi connectivity index (χ3v) is 6.27. The topological polar surface area (TPSA) is 91.0 Å². The molecule has 11 heteroatoms. The van der Waals surface area contributed by atoms with Gasteiger partial charge in [0.2, 0.25) is 11.0 Å². The first-order valence-corrected chi connectivity index (χ1v) is 11.4. The Kier molecular flexibility index (Phi) is 6.85. The molecule has 0 aliphatic carbocycles. The number of halogens is 1. The summed E-state index contributed by atoms with van der Waals surface area (Å²) in [7, 11) is 1.53. The number of hydrogen-bond acceptors (Lipinski definition) is 6. The molecule has 174 valence electrons. The van der Waals surface area contributed by atoms with Crippen LogP contribution in [0.5, 0.6) is 5.75 Å². The molecule has 3 aromatic rings. The Balaban J connectivity index is 1.58. The van der Waals surface area contributed by atoms with Crippen molar-refractivity contribution in [3.8, 4) is 5.75 Å². The van der Waals surface area contributed by atoms with Crippen LogP contribution in [0.3, 0.4) is 0 Å². The molecule has 4 rings (SSSR count). The minimum atomic E-state index is -1.08. The molecule has 0 bridgehead atoms. The number of hydrogen-bond donors (Lipinski definition) is 2. The minimum Gasteiger partial charge on any atom is -0.497 e. The van der Waals surface area contributed by atoms with Crippen molar-refractivity contribution in [1.29, 1.82) is 0 Å². The van der Waals surface area contributed by atoms with Crippen LogP contribution in [0.15, 0.2) is 66.0 Å². The van der Waals surface area contributed by atoms with E-state index in [0.717, 1.165) is 0 Å². The van der Waals surface area contributed by atoms with Crippen LogP contribution in [0.1, 0.15) is 16.1 Å². The van der Waals surface area contributed by atoms with Gasteiger partial charge < -0.3 is 10.1 Å². The molecule has 2 aromatic carbocycles. The zero-order valence-electron chi connectivity index (χ0n) is 17.9. The number of ether oxygens (including phenoxy) is 1. The molecule has 1 unspecified atom stereocenters. The van der Waals surface area contributed by atoms with E-state index in [0.29, 0.717) is 22.0 Å². The van der Waals surface area contributed by atoms with E-state index < -0.39 is 29.6 Å². The molecule has 3 amide bonds. The van der Waals surface area contributed by atoms with E-state index >= 15 is 0 Å². The van der Waals surface area contributed by atoms with Crippen molar-refractivity contribution < 1.29 is 23.5 Å².